The molecule has 0 saturated carbocycles. The highest BCUT2D eigenvalue weighted by Gasteiger charge is 2.95. The van der Waals surface area contributed by atoms with Gasteiger partial charge in [-0.3, -0.25) is 0 Å². The Bertz CT molecular complexity index is 757. The molecule has 38 heavy (non-hydrogen) atoms. The third-order valence-electron chi connectivity index (χ3n) is 5.32. The molecule has 0 bridgehead atoms. The Hall–Kier alpha value is -1.09. The lowest BCUT2D eigenvalue weighted by atomic mass is 9.89. The average molecular weight is 624 g/mol. The molecule has 0 atom stereocenters. The van der Waals surface area contributed by atoms with E-state index in [2.05, 4.69) is 13.3 Å². The van der Waals surface area contributed by atoms with Crippen LogP contribution in [0.1, 0.15) is 38.5 Å². The fraction of sp³-hybridized carbons (Fsp3) is 1.00. The number of hydrogen-bond acceptors (Lipinski definition) is 3. The summed E-state index contributed by atoms with van der Waals surface area (Å²) < 4.78 is 243. The van der Waals surface area contributed by atoms with Gasteiger partial charge in [0.1, 0.15) is 0 Å². The van der Waals surface area contributed by atoms with Gasteiger partial charge in [-0.15, -0.1) is 0 Å². The first-order valence-corrected chi connectivity index (χ1v) is 11.7. The highest BCUT2D eigenvalue weighted by Crippen LogP contribution is 2.63. The highest BCUT2D eigenvalue weighted by molar-refractivity contribution is 6.63. The molecule has 0 fully saturated rings. The molecule has 0 aromatic rings. The van der Waals surface area contributed by atoms with Gasteiger partial charge < -0.3 is 13.3 Å². The Kier molecular flexibility index (Phi) is 11.1. The second-order valence-corrected chi connectivity index (χ2v) is 10.8. The lowest BCUT2D eigenvalue weighted by molar-refractivity contribution is -0.438. The average Bonchev–Trinajstić information content (AvgIpc) is 2.76. The summed E-state index contributed by atoms with van der Waals surface area (Å²) in [6.07, 6.45) is -12.0. The van der Waals surface area contributed by atoms with Crippen LogP contribution < -0.4 is 0 Å². The van der Waals surface area contributed by atoms with E-state index >= 15 is 0 Å². The largest absolute Gasteiger partial charge is 0.581 e. The molecule has 0 N–H and O–H groups in total. The van der Waals surface area contributed by atoms with E-state index in [-0.39, 0.29) is 21.3 Å². The zero-order valence-electron chi connectivity index (χ0n) is 19.4. The molecule has 0 aromatic carbocycles. The summed E-state index contributed by atoms with van der Waals surface area (Å²) in [5.41, 5.74) is -6.73. The fourth-order valence-corrected chi connectivity index (χ4v) is 4.84. The van der Waals surface area contributed by atoms with Crippen LogP contribution >= 0.6 is 0 Å². The topological polar surface area (TPSA) is 27.7 Å². The van der Waals surface area contributed by atoms with Gasteiger partial charge in [0.25, 0.3) is 0 Å². The molecule has 0 saturated heterocycles. The summed E-state index contributed by atoms with van der Waals surface area (Å²) in [7, 11) is -6.27. The standard InChI is InChI=1S/C17H21F17O3Si/c1-35-38(36-2,37-3)17(33,34)16(31,32)15(29,30)14(27,28)13(25,26)12(23,24)10(18,19)8-6-4-5-7-9-11(20,21)22/h4-9H2,1-3H3. The van der Waals surface area contributed by atoms with E-state index in [4.69, 9.17) is 0 Å². The molecule has 0 aliphatic rings. The Morgan fingerprint density at radius 3 is 1.08 bits per heavy atom. The van der Waals surface area contributed by atoms with Crippen LogP contribution in [0, 0.1) is 0 Å². The van der Waals surface area contributed by atoms with Crippen molar-refractivity contribution in [3.8, 4) is 0 Å². The molecule has 0 radical (unpaired) electrons. The maximum absolute atomic E-state index is 14.3. The Labute approximate surface area is 204 Å². The van der Waals surface area contributed by atoms with E-state index < -0.39 is 94.6 Å². The second kappa shape index (κ2) is 11.4. The summed E-state index contributed by atoms with van der Waals surface area (Å²) in [6, 6.07) is 0. The zero-order valence-corrected chi connectivity index (χ0v) is 20.4. The first-order valence-electron chi connectivity index (χ1n) is 10.0. The number of alkyl halides is 17. The molecular weight excluding hydrogens is 603 g/mol. The molecule has 21 heteroatoms. The maximum Gasteiger partial charge on any atom is 0.581 e. The van der Waals surface area contributed by atoms with E-state index in [0.29, 0.717) is 0 Å². The second-order valence-electron chi connectivity index (χ2n) is 7.85. The monoisotopic (exact) mass is 624 g/mol. The molecule has 0 unspecified atom stereocenters. The minimum absolute atomic E-state index is 0.0753. The predicted molar refractivity (Wildman–Crippen MR) is 95.2 cm³/mol. The van der Waals surface area contributed by atoms with Crippen LogP contribution in [0.2, 0.25) is 0 Å². The van der Waals surface area contributed by atoms with Crippen molar-refractivity contribution in [1.82, 2.24) is 0 Å². The minimum Gasteiger partial charge on any atom is -0.373 e. The summed E-state index contributed by atoms with van der Waals surface area (Å²) in [6.45, 7) is 0. The van der Waals surface area contributed by atoms with E-state index in [1.165, 1.54) is 0 Å². The summed E-state index contributed by atoms with van der Waals surface area (Å²) in [4.78, 5) is 0. The van der Waals surface area contributed by atoms with Crippen LogP contribution in [-0.4, -0.2) is 77.4 Å². The van der Waals surface area contributed by atoms with Crippen molar-refractivity contribution in [1.29, 1.82) is 0 Å². The van der Waals surface area contributed by atoms with Gasteiger partial charge >= 0.3 is 56.1 Å². The van der Waals surface area contributed by atoms with Crippen molar-refractivity contribution in [2.45, 2.75) is 85.8 Å². The van der Waals surface area contributed by atoms with E-state index in [0.717, 1.165) is 0 Å². The molecular formula is C17H21F17O3Si. The number of rotatable bonds is 16. The van der Waals surface area contributed by atoms with Crippen molar-refractivity contribution in [2.24, 2.45) is 0 Å². The molecule has 0 aromatic heterocycles. The van der Waals surface area contributed by atoms with Crippen molar-refractivity contribution < 1.29 is 87.9 Å². The number of halogens is 17. The Balaban J connectivity index is 6.21. The Morgan fingerprint density at radius 1 is 0.421 bits per heavy atom. The van der Waals surface area contributed by atoms with Gasteiger partial charge in [0.05, 0.1) is 0 Å². The first kappa shape index (κ1) is 36.9. The van der Waals surface area contributed by atoms with Gasteiger partial charge in [-0.05, 0) is 12.8 Å². The van der Waals surface area contributed by atoms with Gasteiger partial charge in [-0.2, -0.15) is 74.6 Å². The van der Waals surface area contributed by atoms with E-state index in [1.54, 1.807) is 0 Å². The van der Waals surface area contributed by atoms with Gasteiger partial charge in [0.15, 0.2) is 0 Å². The van der Waals surface area contributed by atoms with Gasteiger partial charge in [0.2, 0.25) is 0 Å². The normalized spacial score (nSPS) is 15.8. The third kappa shape index (κ3) is 5.98. The van der Waals surface area contributed by atoms with Crippen molar-refractivity contribution in [3.63, 3.8) is 0 Å². The van der Waals surface area contributed by atoms with E-state index in [9.17, 15) is 74.6 Å². The number of hydrogen-bond donors (Lipinski definition) is 0. The summed E-state index contributed by atoms with van der Waals surface area (Å²) in [5, 5.41) is 0. The third-order valence-corrected chi connectivity index (χ3v) is 8.02. The molecule has 0 aliphatic heterocycles. The lowest BCUT2D eigenvalue weighted by Gasteiger charge is -2.44. The fourth-order valence-electron chi connectivity index (χ4n) is 3.03. The van der Waals surface area contributed by atoms with Crippen LogP contribution in [0.3, 0.4) is 0 Å². The molecule has 0 heterocycles. The van der Waals surface area contributed by atoms with E-state index in [1.807, 2.05) is 0 Å². The van der Waals surface area contributed by atoms with Gasteiger partial charge in [-0.1, -0.05) is 12.8 Å². The van der Waals surface area contributed by atoms with Gasteiger partial charge in [0, 0.05) is 34.2 Å². The molecule has 3 nitrogen and oxygen atoms in total. The zero-order chi connectivity index (χ0) is 30.9. The van der Waals surface area contributed by atoms with Crippen molar-refractivity contribution >= 4 is 8.80 Å². The number of unbranched alkanes of at least 4 members (excludes halogenated alkanes) is 3. The molecule has 0 aliphatic carbocycles. The van der Waals surface area contributed by atoms with Crippen LogP contribution in [-0.2, 0) is 13.3 Å². The predicted octanol–water partition coefficient (Wildman–Crippen LogP) is 7.75. The molecule has 0 amide bonds. The van der Waals surface area contributed by atoms with Crippen LogP contribution in [0.15, 0.2) is 0 Å². The van der Waals surface area contributed by atoms with Crippen molar-refractivity contribution in [2.75, 3.05) is 21.3 Å². The van der Waals surface area contributed by atoms with Crippen LogP contribution in [0.4, 0.5) is 74.6 Å². The Morgan fingerprint density at radius 2 is 0.737 bits per heavy atom. The quantitative estimate of drug-likeness (QED) is 0.0999. The maximum atomic E-state index is 14.3. The van der Waals surface area contributed by atoms with Crippen molar-refractivity contribution in [3.05, 3.63) is 0 Å². The van der Waals surface area contributed by atoms with Crippen LogP contribution in [0.5, 0.6) is 0 Å². The summed E-state index contributed by atoms with van der Waals surface area (Å²) in [5.74, 6) is -46.2. The molecule has 0 spiro atoms. The SMILES string of the molecule is CO[Si](OC)(OC)C(F)(F)C(F)(F)C(F)(F)C(F)(F)C(F)(F)C(F)(F)C(F)(F)CCCCCCC(F)(F)F. The molecule has 0 rings (SSSR count). The van der Waals surface area contributed by atoms with Gasteiger partial charge in [-0.25, -0.2) is 0 Å². The first-order chi connectivity index (χ1) is 16.6. The lowest BCUT2D eigenvalue weighted by Crippen LogP contribution is -2.77. The van der Waals surface area contributed by atoms with Crippen LogP contribution in [0.25, 0.3) is 0 Å². The molecule has 230 valence electrons. The minimum atomic E-state index is -8.28. The smallest absolute Gasteiger partial charge is 0.373 e. The summed E-state index contributed by atoms with van der Waals surface area (Å²) >= 11 is 0. The highest BCUT2D eigenvalue weighted by atomic mass is 28.4.